The van der Waals surface area contributed by atoms with Crippen LogP contribution in [0.2, 0.25) is 0 Å². The summed E-state index contributed by atoms with van der Waals surface area (Å²) < 4.78 is 20.5. The molecule has 1 heterocycles. The van der Waals surface area contributed by atoms with Gasteiger partial charge in [0.15, 0.2) is 5.69 Å². The van der Waals surface area contributed by atoms with Crippen LogP contribution in [0.1, 0.15) is 33.5 Å². The van der Waals surface area contributed by atoms with Gasteiger partial charge in [0, 0.05) is 24.7 Å². The second-order valence-corrected chi connectivity index (χ2v) is 7.00. The Morgan fingerprint density at radius 3 is 2.58 bits per heavy atom. The number of carbonyl (C=O) groups is 2. The van der Waals surface area contributed by atoms with Gasteiger partial charge in [-0.25, -0.2) is 9.07 Å². The van der Waals surface area contributed by atoms with E-state index in [2.05, 4.69) is 20.9 Å². The predicted molar refractivity (Wildman–Crippen MR) is 116 cm³/mol. The van der Waals surface area contributed by atoms with Crippen molar-refractivity contribution in [2.24, 2.45) is 0 Å². The molecule has 33 heavy (non-hydrogen) atoms. The second-order valence-electron chi connectivity index (χ2n) is 7.00. The summed E-state index contributed by atoms with van der Waals surface area (Å²) in [6, 6.07) is 12.0. The summed E-state index contributed by atoms with van der Waals surface area (Å²) in [4.78, 5) is 24.6. The van der Waals surface area contributed by atoms with Gasteiger partial charge in [0.1, 0.15) is 23.9 Å². The zero-order valence-corrected chi connectivity index (χ0v) is 17.9. The first-order valence-corrected chi connectivity index (χ1v) is 10.2. The van der Waals surface area contributed by atoms with Gasteiger partial charge in [-0.3, -0.25) is 9.59 Å². The fraction of sp³-hybridized carbons (Fsp3) is 0.273. The van der Waals surface area contributed by atoms with E-state index in [4.69, 9.17) is 9.84 Å². The van der Waals surface area contributed by atoms with Gasteiger partial charge < -0.3 is 25.6 Å². The number of ether oxygens (including phenoxy) is 1. The molecular weight excluding hydrogens is 433 g/mol. The zero-order chi connectivity index (χ0) is 23.8. The molecule has 2 aromatic carbocycles. The summed E-state index contributed by atoms with van der Waals surface area (Å²) in [5.41, 5.74) is 1.17. The highest BCUT2D eigenvalue weighted by Gasteiger charge is 2.22. The Labute approximate surface area is 189 Å². The molecule has 0 radical (unpaired) electrons. The Balaban J connectivity index is 1.89. The Morgan fingerprint density at radius 2 is 1.91 bits per heavy atom. The molecule has 3 rings (SSSR count). The molecule has 3 aromatic rings. The van der Waals surface area contributed by atoms with Crippen LogP contribution in [0.5, 0.6) is 5.75 Å². The first-order valence-electron chi connectivity index (χ1n) is 10.2. The number of aliphatic hydroxyl groups is 2. The van der Waals surface area contributed by atoms with E-state index in [0.717, 1.165) is 0 Å². The summed E-state index contributed by atoms with van der Waals surface area (Å²) in [7, 11) is 0. The molecule has 0 unspecified atom stereocenters. The highest BCUT2D eigenvalue weighted by molar-refractivity contribution is 5.94. The first kappa shape index (κ1) is 23.8. The summed E-state index contributed by atoms with van der Waals surface area (Å²) >= 11 is 0. The number of hydrogen-bond acceptors (Lipinski definition) is 7. The van der Waals surface area contributed by atoms with Crippen LogP contribution in [0.4, 0.5) is 4.39 Å². The second kappa shape index (κ2) is 11.2. The van der Waals surface area contributed by atoms with Crippen molar-refractivity contribution in [3.63, 3.8) is 0 Å². The highest BCUT2D eigenvalue weighted by atomic mass is 19.1. The first-order chi connectivity index (χ1) is 15.9. The van der Waals surface area contributed by atoms with E-state index < -0.39 is 24.4 Å². The Hall–Kier alpha value is -3.83. The molecule has 0 fully saturated rings. The van der Waals surface area contributed by atoms with Crippen LogP contribution in [0.25, 0.3) is 5.69 Å². The van der Waals surface area contributed by atoms with E-state index in [1.54, 1.807) is 30.3 Å². The standard InChI is InChI=1S/C22H24FN5O5/c1-2-24-21(31)14-6-8-16(9-7-14)28-19(13-33-18-5-3-4-15(23)10-18)20(26-27-28)22(32)25-11-17(30)12-29/h3-10,17,29-30H,2,11-13H2,1H3,(H,24,31)(H,25,32)/t17-/m1/s1. The van der Waals surface area contributed by atoms with Crippen molar-refractivity contribution in [1.82, 2.24) is 25.6 Å². The maximum Gasteiger partial charge on any atom is 0.274 e. The van der Waals surface area contributed by atoms with Gasteiger partial charge in [-0.15, -0.1) is 5.10 Å². The number of hydrogen-bond donors (Lipinski definition) is 4. The topological polar surface area (TPSA) is 139 Å². The summed E-state index contributed by atoms with van der Waals surface area (Å²) in [5, 5.41) is 31.6. The third-order valence-corrected chi connectivity index (χ3v) is 4.57. The molecule has 1 atom stereocenters. The van der Waals surface area contributed by atoms with Crippen molar-refractivity contribution in [2.75, 3.05) is 19.7 Å². The summed E-state index contributed by atoms with van der Waals surface area (Å²) in [6.45, 7) is 1.45. The average Bonchev–Trinajstić information content (AvgIpc) is 3.25. The number of nitrogens with zero attached hydrogens (tertiary/aromatic N) is 3. The fourth-order valence-electron chi connectivity index (χ4n) is 2.90. The molecule has 0 saturated heterocycles. The lowest BCUT2D eigenvalue weighted by molar-refractivity contribution is 0.0797. The van der Waals surface area contributed by atoms with Crippen LogP contribution in [-0.4, -0.2) is 62.8 Å². The number of amides is 2. The third kappa shape index (κ3) is 6.11. The van der Waals surface area contributed by atoms with Crippen LogP contribution in [-0.2, 0) is 6.61 Å². The minimum atomic E-state index is -1.13. The molecule has 0 saturated carbocycles. The van der Waals surface area contributed by atoms with Gasteiger partial charge in [-0.2, -0.15) is 0 Å². The third-order valence-electron chi connectivity index (χ3n) is 4.57. The number of carbonyl (C=O) groups excluding carboxylic acids is 2. The number of benzene rings is 2. The maximum atomic E-state index is 13.5. The normalized spacial score (nSPS) is 11.6. The van der Waals surface area contributed by atoms with E-state index in [-0.39, 0.29) is 36.2 Å². The van der Waals surface area contributed by atoms with Crippen molar-refractivity contribution >= 4 is 11.8 Å². The van der Waals surface area contributed by atoms with Gasteiger partial charge >= 0.3 is 0 Å². The molecule has 0 bridgehead atoms. The lowest BCUT2D eigenvalue weighted by atomic mass is 10.2. The number of rotatable bonds is 10. The van der Waals surface area contributed by atoms with Gasteiger partial charge in [0.25, 0.3) is 11.8 Å². The van der Waals surface area contributed by atoms with Gasteiger partial charge in [0.2, 0.25) is 0 Å². The number of halogens is 1. The Morgan fingerprint density at radius 1 is 1.15 bits per heavy atom. The minimum Gasteiger partial charge on any atom is -0.487 e. The Kier molecular flexibility index (Phi) is 8.06. The lowest BCUT2D eigenvalue weighted by Crippen LogP contribution is -2.34. The van der Waals surface area contributed by atoms with Crippen LogP contribution < -0.4 is 15.4 Å². The molecule has 10 nitrogen and oxygen atoms in total. The van der Waals surface area contributed by atoms with Crippen LogP contribution in [0.3, 0.4) is 0 Å². The molecule has 0 spiro atoms. The van der Waals surface area contributed by atoms with E-state index in [1.165, 1.54) is 22.9 Å². The quantitative estimate of drug-likeness (QED) is 0.354. The fourth-order valence-corrected chi connectivity index (χ4v) is 2.90. The SMILES string of the molecule is CCNC(=O)c1ccc(-n2nnc(C(=O)NC[C@@H](O)CO)c2COc2cccc(F)c2)cc1. The van der Waals surface area contributed by atoms with Crippen molar-refractivity contribution in [3.05, 3.63) is 71.3 Å². The molecule has 174 valence electrons. The van der Waals surface area contributed by atoms with Crippen molar-refractivity contribution in [2.45, 2.75) is 19.6 Å². The van der Waals surface area contributed by atoms with Crippen molar-refractivity contribution < 1.29 is 28.9 Å². The zero-order valence-electron chi connectivity index (χ0n) is 17.9. The van der Waals surface area contributed by atoms with E-state index in [0.29, 0.717) is 17.8 Å². The number of aliphatic hydroxyl groups excluding tert-OH is 2. The average molecular weight is 457 g/mol. The molecule has 0 aliphatic carbocycles. The van der Waals surface area contributed by atoms with Crippen molar-refractivity contribution in [1.29, 1.82) is 0 Å². The molecule has 2 amide bonds. The van der Waals surface area contributed by atoms with Crippen LogP contribution in [0.15, 0.2) is 48.5 Å². The van der Waals surface area contributed by atoms with Crippen LogP contribution in [0, 0.1) is 5.82 Å². The maximum absolute atomic E-state index is 13.5. The molecular formula is C22H24FN5O5. The monoisotopic (exact) mass is 457 g/mol. The van der Waals surface area contributed by atoms with Gasteiger partial charge in [-0.1, -0.05) is 11.3 Å². The van der Waals surface area contributed by atoms with E-state index in [1.807, 2.05) is 6.92 Å². The smallest absolute Gasteiger partial charge is 0.274 e. The Bertz CT molecular complexity index is 1100. The molecule has 4 N–H and O–H groups in total. The molecule has 11 heteroatoms. The lowest BCUT2D eigenvalue weighted by Gasteiger charge is -2.12. The minimum absolute atomic E-state index is 0.0654. The van der Waals surface area contributed by atoms with E-state index >= 15 is 0 Å². The predicted octanol–water partition coefficient (Wildman–Crippen LogP) is 0.818. The summed E-state index contributed by atoms with van der Waals surface area (Å²) in [5.74, 6) is -1.09. The molecule has 1 aromatic heterocycles. The number of nitrogens with one attached hydrogen (secondary N) is 2. The number of aromatic nitrogens is 3. The largest absolute Gasteiger partial charge is 0.487 e. The molecule has 0 aliphatic heterocycles. The summed E-state index contributed by atoms with van der Waals surface area (Å²) in [6.07, 6.45) is -1.13. The van der Waals surface area contributed by atoms with Crippen LogP contribution >= 0.6 is 0 Å². The van der Waals surface area contributed by atoms with Gasteiger partial charge in [0.05, 0.1) is 18.4 Å². The van der Waals surface area contributed by atoms with E-state index in [9.17, 15) is 19.1 Å². The van der Waals surface area contributed by atoms with Crippen molar-refractivity contribution in [3.8, 4) is 11.4 Å². The molecule has 0 aliphatic rings. The highest BCUT2D eigenvalue weighted by Crippen LogP contribution is 2.19. The van der Waals surface area contributed by atoms with Gasteiger partial charge in [-0.05, 0) is 43.3 Å².